The molecule has 0 saturated heterocycles. The molecule has 0 unspecified atom stereocenters. The van der Waals surface area contributed by atoms with Gasteiger partial charge in [0.15, 0.2) is 5.82 Å². The predicted octanol–water partition coefficient (Wildman–Crippen LogP) is 2.25. The van der Waals surface area contributed by atoms with Gasteiger partial charge in [-0.3, -0.25) is 4.79 Å². The van der Waals surface area contributed by atoms with Crippen molar-refractivity contribution in [1.29, 1.82) is 0 Å². The third-order valence-corrected chi connectivity index (χ3v) is 2.44. The second kappa shape index (κ2) is 4.60. The number of nitrogens with zero attached hydrogens (tertiary/aromatic N) is 3. The smallest absolute Gasteiger partial charge is 0.229 e. The second-order valence-electron chi connectivity index (χ2n) is 5.03. The van der Waals surface area contributed by atoms with Crippen LogP contribution < -0.4 is 5.32 Å². The van der Waals surface area contributed by atoms with Gasteiger partial charge in [-0.05, 0) is 18.2 Å². The second-order valence-corrected chi connectivity index (χ2v) is 5.03. The molecule has 5 heteroatoms. The molecule has 0 aliphatic carbocycles. The Bertz CT molecular complexity index is 540. The van der Waals surface area contributed by atoms with E-state index < -0.39 is 5.41 Å². The van der Waals surface area contributed by atoms with Crippen LogP contribution in [0.3, 0.4) is 0 Å². The number of aromatic nitrogens is 3. The average molecular weight is 244 g/mol. The fraction of sp³-hybridized carbons (Fsp3) is 0.308. The highest BCUT2D eigenvalue weighted by Gasteiger charge is 2.22. The Morgan fingerprint density at radius 3 is 2.67 bits per heavy atom. The summed E-state index contributed by atoms with van der Waals surface area (Å²) in [6, 6.07) is 5.41. The first-order valence-electron chi connectivity index (χ1n) is 5.75. The Labute approximate surface area is 106 Å². The summed E-state index contributed by atoms with van der Waals surface area (Å²) in [5.41, 5.74) is 0.207. The highest BCUT2D eigenvalue weighted by molar-refractivity contribution is 5.95. The number of carbonyl (C=O) groups is 1. The van der Waals surface area contributed by atoms with Crippen molar-refractivity contribution in [3.8, 4) is 5.82 Å². The summed E-state index contributed by atoms with van der Waals surface area (Å²) in [7, 11) is 0. The fourth-order valence-electron chi connectivity index (χ4n) is 1.38. The molecule has 1 N–H and O–H groups in total. The Morgan fingerprint density at radius 2 is 2.06 bits per heavy atom. The molecule has 0 aromatic carbocycles. The lowest BCUT2D eigenvalue weighted by Crippen LogP contribution is -2.28. The molecule has 2 aromatic heterocycles. The molecule has 0 radical (unpaired) electrons. The van der Waals surface area contributed by atoms with E-state index >= 15 is 0 Å². The van der Waals surface area contributed by atoms with E-state index in [-0.39, 0.29) is 5.91 Å². The van der Waals surface area contributed by atoms with Gasteiger partial charge in [-0.25, -0.2) is 9.67 Å². The molecule has 0 aliphatic heterocycles. The Balaban J connectivity index is 2.32. The molecule has 0 fully saturated rings. The van der Waals surface area contributed by atoms with Crippen LogP contribution in [0.25, 0.3) is 5.82 Å². The van der Waals surface area contributed by atoms with Gasteiger partial charge in [0.25, 0.3) is 0 Å². The monoisotopic (exact) mass is 244 g/mol. The predicted molar refractivity (Wildman–Crippen MR) is 69.4 cm³/mol. The highest BCUT2D eigenvalue weighted by Crippen LogP contribution is 2.20. The van der Waals surface area contributed by atoms with Crippen molar-refractivity contribution >= 4 is 11.6 Å². The van der Waals surface area contributed by atoms with E-state index in [1.54, 1.807) is 29.3 Å². The zero-order valence-electron chi connectivity index (χ0n) is 10.7. The van der Waals surface area contributed by atoms with Crippen molar-refractivity contribution in [2.75, 3.05) is 5.32 Å². The minimum Gasteiger partial charge on any atom is -0.322 e. The molecular weight excluding hydrogens is 228 g/mol. The van der Waals surface area contributed by atoms with Gasteiger partial charge in [-0.1, -0.05) is 20.8 Å². The summed E-state index contributed by atoms with van der Waals surface area (Å²) in [4.78, 5) is 16.2. The van der Waals surface area contributed by atoms with Crippen LogP contribution in [0.1, 0.15) is 20.8 Å². The Morgan fingerprint density at radius 1 is 1.28 bits per heavy atom. The van der Waals surface area contributed by atoms with Crippen LogP contribution in [0.4, 0.5) is 5.69 Å². The van der Waals surface area contributed by atoms with Crippen molar-refractivity contribution in [3.63, 3.8) is 0 Å². The van der Waals surface area contributed by atoms with E-state index in [0.717, 1.165) is 0 Å². The minimum absolute atomic E-state index is 0.0519. The lowest BCUT2D eigenvalue weighted by atomic mass is 9.95. The van der Waals surface area contributed by atoms with Gasteiger partial charge in [0, 0.05) is 24.0 Å². The van der Waals surface area contributed by atoms with Gasteiger partial charge >= 0.3 is 0 Å². The van der Waals surface area contributed by atoms with Crippen LogP contribution in [-0.2, 0) is 4.79 Å². The first-order valence-corrected chi connectivity index (χ1v) is 5.75. The van der Waals surface area contributed by atoms with Gasteiger partial charge in [-0.2, -0.15) is 5.10 Å². The minimum atomic E-state index is -0.447. The number of anilines is 1. The first-order chi connectivity index (χ1) is 8.48. The third kappa shape index (κ3) is 2.56. The lowest BCUT2D eigenvalue weighted by molar-refractivity contribution is -0.123. The van der Waals surface area contributed by atoms with Gasteiger partial charge in [-0.15, -0.1) is 0 Å². The fourth-order valence-corrected chi connectivity index (χ4v) is 1.38. The van der Waals surface area contributed by atoms with Crippen molar-refractivity contribution in [2.24, 2.45) is 5.41 Å². The molecule has 0 spiro atoms. The average Bonchev–Trinajstić information content (AvgIpc) is 2.82. The van der Waals surface area contributed by atoms with Gasteiger partial charge in [0.05, 0.1) is 5.69 Å². The third-order valence-electron chi connectivity index (χ3n) is 2.44. The summed E-state index contributed by atoms with van der Waals surface area (Å²) in [5.74, 6) is 0.559. The molecule has 18 heavy (non-hydrogen) atoms. The van der Waals surface area contributed by atoms with Crippen LogP contribution >= 0.6 is 0 Å². The summed E-state index contributed by atoms with van der Waals surface area (Å²) in [6.07, 6.45) is 5.13. The van der Waals surface area contributed by atoms with Crippen molar-refractivity contribution < 1.29 is 4.79 Å². The standard InChI is InChI=1S/C13H16N4O/c1-13(2,3)12(18)16-10-6-4-7-14-11(10)17-9-5-8-15-17/h4-9H,1-3H3,(H,16,18). The molecular formula is C13H16N4O. The van der Waals surface area contributed by atoms with Crippen LogP contribution in [0.5, 0.6) is 0 Å². The number of rotatable bonds is 2. The molecule has 0 atom stereocenters. The normalized spacial score (nSPS) is 11.3. The van der Waals surface area contributed by atoms with Crippen LogP contribution in [0.2, 0.25) is 0 Å². The van der Waals surface area contributed by atoms with E-state index in [1.807, 2.05) is 32.9 Å². The number of nitrogens with one attached hydrogen (secondary N) is 1. The van der Waals surface area contributed by atoms with E-state index in [0.29, 0.717) is 11.5 Å². The van der Waals surface area contributed by atoms with E-state index in [1.165, 1.54) is 0 Å². The van der Waals surface area contributed by atoms with Crippen molar-refractivity contribution in [1.82, 2.24) is 14.8 Å². The maximum Gasteiger partial charge on any atom is 0.229 e. The number of pyridine rings is 1. The lowest BCUT2D eigenvalue weighted by Gasteiger charge is -2.18. The zero-order valence-corrected chi connectivity index (χ0v) is 10.7. The number of amides is 1. The number of hydrogen-bond donors (Lipinski definition) is 1. The number of carbonyl (C=O) groups excluding carboxylic acids is 1. The summed E-state index contributed by atoms with van der Waals surface area (Å²) in [5, 5.41) is 7.00. The molecule has 0 aliphatic rings. The summed E-state index contributed by atoms with van der Waals surface area (Å²) in [6.45, 7) is 5.60. The summed E-state index contributed by atoms with van der Waals surface area (Å²) < 4.78 is 1.62. The molecule has 1 amide bonds. The molecule has 0 saturated carbocycles. The molecule has 2 heterocycles. The molecule has 94 valence electrons. The van der Waals surface area contributed by atoms with Crippen LogP contribution in [0, 0.1) is 5.41 Å². The van der Waals surface area contributed by atoms with E-state index in [4.69, 9.17) is 0 Å². The van der Waals surface area contributed by atoms with Crippen LogP contribution in [0.15, 0.2) is 36.8 Å². The van der Waals surface area contributed by atoms with Crippen LogP contribution in [-0.4, -0.2) is 20.7 Å². The molecule has 5 nitrogen and oxygen atoms in total. The summed E-state index contributed by atoms with van der Waals surface area (Å²) >= 11 is 0. The van der Waals surface area contributed by atoms with Gasteiger partial charge in [0.1, 0.15) is 0 Å². The topological polar surface area (TPSA) is 59.8 Å². The first kappa shape index (κ1) is 12.3. The van der Waals surface area contributed by atoms with E-state index in [9.17, 15) is 4.79 Å². The Kier molecular flexibility index (Phi) is 3.14. The maximum atomic E-state index is 12.0. The SMILES string of the molecule is CC(C)(C)C(=O)Nc1cccnc1-n1cccn1. The highest BCUT2D eigenvalue weighted by atomic mass is 16.2. The van der Waals surface area contributed by atoms with Gasteiger partial charge in [0.2, 0.25) is 5.91 Å². The number of hydrogen-bond acceptors (Lipinski definition) is 3. The zero-order chi connectivity index (χ0) is 13.2. The van der Waals surface area contributed by atoms with Gasteiger partial charge < -0.3 is 5.32 Å². The quantitative estimate of drug-likeness (QED) is 0.881. The molecule has 0 bridgehead atoms. The molecule has 2 aromatic rings. The largest absolute Gasteiger partial charge is 0.322 e. The maximum absolute atomic E-state index is 12.0. The molecule has 2 rings (SSSR count). The van der Waals surface area contributed by atoms with Crippen molar-refractivity contribution in [2.45, 2.75) is 20.8 Å². The Hall–Kier alpha value is -2.17. The van der Waals surface area contributed by atoms with E-state index in [2.05, 4.69) is 15.4 Å². The van der Waals surface area contributed by atoms with Crippen molar-refractivity contribution in [3.05, 3.63) is 36.8 Å².